The Bertz CT molecular complexity index is 1960. The first-order valence-electron chi connectivity index (χ1n) is 19.3. The molecule has 0 aromatic heterocycles. The molecule has 3 N–H and O–H groups in total. The van der Waals surface area contributed by atoms with Gasteiger partial charge in [0.2, 0.25) is 23.6 Å². The van der Waals surface area contributed by atoms with Crippen LogP contribution in [0.25, 0.3) is 0 Å². The van der Waals surface area contributed by atoms with Crippen LogP contribution in [0, 0.1) is 11.3 Å². The van der Waals surface area contributed by atoms with Crippen LogP contribution in [0.3, 0.4) is 0 Å². The van der Waals surface area contributed by atoms with Gasteiger partial charge in [-0.05, 0) is 82.3 Å². The molecule has 13 nitrogen and oxygen atoms in total. The first-order chi connectivity index (χ1) is 27.8. The predicted molar refractivity (Wildman–Crippen MR) is 214 cm³/mol. The number of nitrogens with zero attached hydrogens (tertiary/aromatic N) is 5. The van der Waals surface area contributed by atoms with Crippen LogP contribution in [0.2, 0.25) is 0 Å². The number of amides is 4. The van der Waals surface area contributed by atoms with Gasteiger partial charge in [0.05, 0.1) is 42.0 Å². The number of nitrogens with one attached hydrogen (secondary N) is 3. The number of rotatable bonds is 11. The fraction of sp³-hybridized carbons (Fsp3) is 0.564. The summed E-state index contributed by atoms with van der Waals surface area (Å²) in [5, 5.41) is 17.1. The van der Waals surface area contributed by atoms with Crippen LogP contribution in [0.4, 0.5) is 43.4 Å². The summed E-state index contributed by atoms with van der Waals surface area (Å²) in [6.07, 6.45) is -6.76. The Morgan fingerprint density at radius 3 is 2.35 bits per heavy atom. The van der Waals surface area contributed by atoms with Crippen LogP contribution in [-0.4, -0.2) is 119 Å². The minimum Gasteiger partial charge on any atom is -0.377 e. The highest BCUT2D eigenvalue weighted by molar-refractivity contribution is 7.81. The molecule has 0 bridgehead atoms. The molecular formula is C39H47ClF6N8O5S. The highest BCUT2D eigenvalue weighted by Gasteiger charge is 2.54. The molecule has 1 saturated carbocycles. The van der Waals surface area contributed by atoms with E-state index in [1.165, 1.54) is 11.0 Å². The quantitative estimate of drug-likeness (QED) is 0.132. The smallest absolute Gasteiger partial charge is 0.377 e. The number of imide groups is 1. The van der Waals surface area contributed by atoms with Gasteiger partial charge in [-0.15, -0.1) is 25.0 Å². The van der Waals surface area contributed by atoms with Crippen molar-refractivity contribution in [1.29, 1.82) is 5.26 Å². The minimum absolute atomic E-state index is 0. The van der Waals surface area contributed by atoms with E-state index in [9.17, 15) is 50.8 Å². The number of anilines is 3. The van der Waals surface area contributed by atoms with Crippen molar-refractivity contribution in [3.8, 4) is 6.07 Å². The summed E-state index contributed by atoms with van der Waals surface area (Å²) in [7, 11) is 0. The summed E-state index contributed by atoms with van der Waals surface area (Å²) in [6.45, 7) is 3.25. The van der Waals surface area contributed by atoms with E-state index in [-0.39, 0.29) is 75.4 Å². The molecule has 21 heteroatoms. The maximum atomic E-state index is 14.3. The van der Waals surface area contributed by atoms with Crippen molar-refractivity contribution in [2.75, 3.05) is 54.9 Å². The van der Waals surface area contributed by atoms with Gasteiger partial charge in [-0.2, -0.15) is 31.6 Å². The average Bonchev–Trinajstić information content (AvgIpc) is 3.34. The van der Waals surface area contributed by atoms with Crippen molar-refractivity contribution in [3.05, 3.63) is 53.6 Å². The Balaban J connectivity index is 0.00000683. The summed E-state index contributed by atoms with van der Waals surface area (Å²) < 4.78 is 90.2. The first-order valence-corrected chi connectivity index (χ1v) is 19.8. The summed E-state index contributed by atoms with van der Waals surface area (Å²) >= 11 is 4.69. The summed E-state index contributed by atoms with van der Waals surface area (Å²) in [5.74, 6) is -1.89. The number of piperidine rings is 1. The summed E-state index contributed by atoms with van der Waals surface area (Å²) in [5.41, 5.74) is -2.86. The number of alkyl halides is 6. The number of carbonyl (C=O) groups is 4. The van der Waals surface area contributed by atoms with E-state index in [4.69, 9.17) is 17.4 Å². The topological polar surface area (TPSA) is 150 Å². The largest absolute Gasteiger partial charge is 0.417 e. The normalized spacial score (nSPS) is 25.6. The standard InChI is InChI=1S/C39H46F6N8O5S.ClH/c1-37(2)35(57)52(27-7-6-23(20-46)29(19-27)38(40,41)42)36(59)53(37)26-8-10-28(11-9-26)58-17-16-50-14-15-51(31(21-50)39(43,44)45)22-33(55)48-25-5-3-4-24(18-25)47-30-12-13-32(54)49-34(30)56;/h3-7,18-19,26,28,30-31,36,47,59H,8-17,21-22H2,1-2H3,(H,48,55)(H,49,54,56);1H/t26?,28?,30?,31-,36+;/m1./s1. The van der Waals surface area contributed by atoms with E-state index in [2.05, 4.69) is 16.0 Å². The molecule has 3 heterocycles. The van der Waals surface area contributed by atoms with Crippen LogP contribution in [-0.2, 0) is 30.1 Å². The van der Waals surface area contributed by atoms with Crippen LogP contribution in [0.5, 0.6) is 0 Å². The van der Waals surface area contributed by atoms with Gasteiger partial charge in [0.15, 0.2) is 0 Å². The molecular weight excluding hydrogens is 842 g/mol. The molecule has 1 aliphatic carbocycles. The van der Waals surface area contributed by atoms with Crippen LogP contribution in [0.1, 0.15) is 63.5 Å². The molecule has 60 heavy (non-hydrogen) atoms. The van der Waals surface area contributed by atoms with Crippen molar-refractivity contribution in [3.63, 3.8) is 0 Å². The van der Waals surface area contributed by atoms with Crippen LogP contribution < -0.4 is 20.9 Å². The third kappa shape index (κ3) is 10.7. The average molecular weight is 889 g/mol. The monoisotopic (exact) mass is 888 g/mol. The van der Waals surface area contributed by atoms with Gasteiger partial charge in [-0.3, -0.25) is 44.1 Å². The number of thiol groups is 1. The van der Waals surface area contributed by atoms with Crippen molar-refractivity contribution in [2.45, 2.75) is 100.0 Å². The van der Waals surface area contributed by atoms with Gasteiger partial charge in [0, 0.05) is 55.7 Å². The molecule has 328 valence electrons. The molecule has 4 aliphatic rings. The van der Waals surface area contributed by atoms with E-state index in [1.807, 2.05) is 4.90 Å². The zero-order valence-corrected chi connectivity index (χ0v) is 34.5. The number of carbonyl (C=O) groups excluding carboxylic acids is 4. The lowest BCUT2D eigenvalue weighted by molar-refractivity contribution is -0.197. The van der Waals surface area contributed by atoms with Crippen LogP contribution >= 0.6 is 25.0 Å². The molecule has 4 fully saturated rings. The molecule has 3 atom stereocenters. The second kappa shape index (κ2) is 18.9. The third-order valence-electron chi connectivity index (χ3n) is 11.4. The van der Waals surface area contributed by atoms with E-state index in [0.29, 0.717) is 43.5 Å². The van der Waals surface area contributed by atoms with Gasteiger partial charge < -0.3 is 15.4 Å². The van der Waals surface area contributed by atoms with Crippen LogP contribution in [0.15, 0.2) is 42.5 Å². The van der Waals surface area contributed by atoms with Crippen molar-refractivity contribution in [2.24, 2.45) is 0 Å². The molecule has 0 radical (unpaired) electrons. The molecule has 2 aromatic carbocycles. The van der Waals surface area contributed by atoms with Crippen molar-refractivity contribution >= 4 is 65.7 Å². The molecule has 0 spiro atoms. The SMILES string of the molecule is CC1(C)C(=O)N(c2ccc(C#N)c(C(F)(F)F)c2)[C@H](S)N1C1CCC(OCCN2CCN(CC(=O)Nc3cccc(NC4CCC(=O)NC4=O)c3)[C@@H](C(F)(F)F)C2)CC1.Cl. The fourth-order valence-corrected chi connectivity index (χ4v) is 9.07. The van der Waals surface area contributed by atoms with E-state index in [0.717, 1.165) is 17.0 Å². The Kier molecular flexibility index (Phi) is 14.8. The molecule has 3 aliphatic heterocycles. The summed E-state index contributed by atoms with van der Waals surface area (Å²) in [4.78, 5) is 56.0. The van der Waals surface area contributed by atoms with Gasteiger partial charge in [0.1, 0.15) is 17.6 Å². The summed E-state index contributed by atoms with van der Waals surface area (Å²) in [6, 6.07) is 8.43. The molecule has 6 rings (SSSR count). The number of piperazine rings is 1. The number of hydrogen-bond acceptors (Lipinski definition) is 11. The number of benzene rings is 2. The number of halogens is 7. The Morgan fingerprint density at radius 1 is 1.00 bits per heavy atom. The number of hydrogen-bond donors (Lipinski definition) is 4. The maximum absolute atomic E-state index is 14.3. The van der Waals surface area contributed by atoms with Gasteiger partial charge in [-0.25, -0.2) is 0 Å². The highest BCUT2D eigenvalue weighted by Crippen LogP contribution is 2.43. The Morgan fingerprint density at radius 2 is 1.70 bits per heavy atom. The maximum Gasteiger partial charge on any atom is 0.417 e. The number of nitriles is 1. The fourth-order valence-electron chi connectivity index (χ4n) is 8.36. The van der Waals surface area contributed by atoms with Gasteiger partial charge >= 0.3 is 12.4 Å². The second-order valence-corrected chi connectivity index (χ2v) is 16.2. The van der Waals surface area contributed by atoms with E-state index >= 15 is 0 Å². The zero-order valence-electron chi connectivity index (χ0n) is 32.8. The Labute approximate surface area is 354 Å². The van der Waals surface area contributed by atoms with Gasteiger partial charge in [0.25, 0.3) is 0 Å². The molecule has 2 aromatic rings. The second-order valence-electron chi connectivity index (χ2n) is 15.7. The lowest BCUT2D eigenvalue weighted by Gasteiger charge is -2.42. The van der Waals surface area contributed by atoms with E-state index < -0.39 is 70.9 Å². The van der Waals surface area contributed by atoms with Crippen molar-refractivity contribution in [1.82, 2.24) is 20.0 Å². The minimum atomic E-state index is -4.80. The highest BCUT2D eigenvalue weighted by atomic mass is 35.5. The third-order valence-corrected chi connectivity index (χ3v) is 11.9. The lowest BCUT2D eigenvalue weighted by atomic mass is 9.89. The predicted octanol–water partition coefficient (Wildman–Crippen LogP) is 5.37. The molecule has 3 saturated heterocycles. The van der Waals surface area contributed by atoms with E-state index in [1.54, 1.807) is 49.1 Å². The number of ether oxygens (including phenoxy) is 1. The Hall–Kier alpha value is -4.13. The molecule has 4 amide bonds. The van der Waals surface area contributed by atoms with Crippen molar-refractivity contribution < 1.29 is 50.3 Å². The lowest BCUT2D eigenvalue weighted by Crippen LogP contribution is -2.60. The first kappa shape index (κ1) is 46.9. The molecule has 1 unspecified atom stereocenters. The zero-order chi connectivity index (χ0) is 42.9. The van der Waals surface area contributed by atoms with Gasteiger partial charge in [-0.1, -0.05) is 6.07 Å².